The first-order valence-electron chi connectivity index (χ1n) is 7.22. The summed E-state index contributed by atoms with van der Waals surface area (Å²) >= 11 is 0. The van der Waals surface area contributed by atoms with Gasteiger partial charge in [-0.1, -0.05) is 18.2 Å². The smallest absolute Gasteiger partial charge is 0.254 e. The Kier molecular flexibility index (Phi) is 4.08. The lowest BCUT2D eigenvalue weighted by Gasteiger charge is -2.05. The molecule has 10 nitrogen and oxygen atoms in total. The molecule has 126 valence electrons. The zero-order valence-corrected chi connectivity index (χ0v) is 13.3. The van der Waals surface area contributed by atoms with Crippen LogP contribution in [-0.2, 0) is 0 Å². The van der Waals surface area contributed by atoms with Gasteiger partial charge in [0.05, 0.1) is 17.6 Å². The first-order chi connectivity index (χ1) is 12.0. The standard InChI is InChI=1S/C15H15N9O/c1-8-11(12(16)21-15(18)20-8)22-23-14-10(13(17)25)7-19-24(14)9-5-3-2-4-6-9/h2-7H,1H3,(H2,17,25)(H4,16,18,20,21). The van der Waals surface area contributed by atoms with Gasteiger partial charge in [-0.25, -0.2) is 9.67 Å². The summed E-state index contributed by atoms with van der Waals surface area (Å²) in [5, 5.41) is 12.3. The molecule has 0 atom stereocenters. The van der Waals surface area contributed by atoms with Gasteiger partial charge >= 0.3 is 0 Å². The van der Waals surface area contributed by atoms with Crippen LogP contribution in [0.15, 0.2) is 46.8 Å². The lowest BCUT2D eigenvalue weighted by atomic mass is 10.3. The molecule has 10 heteroatoms. The summed E-state index contributed by atoms with van der Waals surface area (Å²) < 4.78 is 1.45. The maximum absolute atomic E-state index is 11.7. The minimum atomic E-state index is -0.672. The summed E-state index contributed by atoms with van der Waals surface area (Å²) in [5.74, 6) is -0.370. The van der Waals surface area contributed by atoms with Crippen molar-refractivity contribution in [3.05, 3.63) is 47.8 Å². The van der Waals surface area contributed by atoms with E-state index in [9.17, 15) is 4.79 Å². The molecule has 1 amide bonds. The highest BCUT2D eigenvalue weighted by atomic mass is 16.1. The van der Waals surface area contributed by atoms with Crippen LogP contribution in [0, 0.1) is 6.92 Å². The van der Waals surface area contributed by atoms with E-state index in [-0.39, 0.29) is 28.8 Å². The van der Waals surface area contributed by atoms with E-state index in [4.69, 9.17) is 17.2 Å². The number of hydrogen-bond donors (Lipinski definition) is 3. The Balaban J connectivity index is 2.11. The van der Waals surface area contributed by atoms with Crippen molar-refractivity contribution in [1.29, 1.82) is 0 Å². The van der Waals surface area contributed by atoms with Crippen LogP contribution in [0.25, 0.3) is 5.69 Å². The maximum Gasteiger partial charge on any atom is 0.254 e. The Labute approximate surface area is 142 Å². The van der Waals surface area contributed by atoms with Gasteiger partial charge in [0.1, 0.15) is 11.3 Å². The summed E-state index contributed by atoms with van der Waals surface area (Å²) in [6, 6.07) is 9.14. The molecule has 3 rings (SSSR count). The van der Waals surface area contributed by atoms with Crippen LogP contribution < -0.4 is 17.2 Å². The van der Waals surface area contributed by atoms with Gasteiger partial charge in [-0.2, -0.15) is 10.1 Å². The van der Waals surface area contributed by atoms with E-state index in [1.165, 1.54) is 10.9 Å². The van der Waals surface area contributed by atoms with Crippen LogP contribution in [0.4, 0.5) is 23.3 Å². The third kappa shape index (κ3) is 3.13. The second kappa shape index (κ2) is 6.35. The number of anilines is 2. The molecule has 0 spiro atoms. The van der Waals surface area contributed by atoms with E-state index in [0.29, 0.717) is 11.4 Å². The molecule has 0 unspecified atom stereocenters. The molecule has 25 heavy (non-hydrogen) atoms. The van der Waals surface area contributed by atoms with Gasteiger partial charge in [0.15, 0.2) is 11.6 Å². The maximum atomic E-state index is 11.7. The fraction of sp³-hybridized carbons (Fsp3) is 0.0667. The first kappa shape index (κ1) is 16.1. The number of hydrogen-bond acceptors (Lipinski definition) is 8. The zero-order chi connectivity index (χ0) is 18.0. The molecule has 0 aliphatic carbocycles. The van der Waals surface area contributed by atoms with Gasteiger partial charge in [-0.15, -0.1) is 10.2 Å². The van der Waals surface area contributed by atoms with Crippen LogP contribution in [0.1, 0.15) is 16.1 Å². The second-order valence-electron chi connectivity index (χ2n) is 5.09. The number of amides is 1. The van der Waals surface area contributed by atoms with Crippen LogP contribution in [0.3, 0.4) is 0 Å². The highest BCUT2D eigenvalue weighted by molar-refractivity contribution is 5.97. The van der Waals surface area contributed by atoms with Crippen LogP contribution in [0.2, 0.25) is 0 Å². The quantitative estimate of drug-likeness (QED) is 0.612. The SMILES string of the molecule is Cc1nc(N)nc(N)c1N=Nc1c(C(N)=O)cnn1-c1ccccc1. The summed E-state index contributed by atoms with van der Waals surface area (Å²) in [7, 11) is 0. The van der Waals surface area contributed by atoms with Crippen LogP contribution in [-0.4, -0.2) is 25.7 Å². The second-order valence-corrected chi connectivity index (χ2v) is 5.09. The van der Waals surface area contributed by atoms with Crippen molar-refractivity contribution < 1.29 is 4.79 Å². The number of aromatic nitrogens is 4. The van der Waals surface area contributed by atoms with Gasteiger partial charge in [0, 0.05) is 0 Å². The molecule has 0 saturated carbocycles. The van der Waals surface area contributed by atoms with Gasteiger partial charge < -0.3 is 17.2 Å². The number of azo groups is 1. The topological polar surface area (TPSA) is 163 Å². The van der Waals surface area contributed by atoms with Crippen molar-refractivity contribution in [3.63, 3.8) is 0 Å². The molecule has 0 bridgehead atoms. The molecule has 0 aliphatic rings. The summed E-state index contributed by atoms with van der Waals surface area (Å²) in [4.78, 5) is 19.5. The Morgan fingerprint density at radius 2 is 1.84 bits per heavy atom. The van der Waals surface area contributed by atoms with Gasteiger partial charge in [-0.3, -0.25) is 4.79 Å². The summed E-state index contributed by atoms with van der Waals surface area (Å²) in [6.45, 7) is 1.67. The van der Waals surface area contributed by atoms with E-state index < -0.39 is 5.91 Å². The molecule has 0 saturated heterocycles. The molecule has 0 aliphatic heterocycles. The fourth-order valence-electron chi connectivity index (χ4n) is 2.20. The third-order valence-electron chi connectivity index (χ3n) is 3.36. The number of nitrogens with zero attached hydrogens (tertiary/aromatic N) is 6. The highest BCUT2D eigenvalue weighted by Gasteiger charge is 2.17. The Hall–Kier alpha value is -3.82. The van der Waals surface area contributed by atoms with Crippen molar-refractivity contribution in [2.24, 2.45) is 16.0 Å². The fourth-order valence-corrected chi connectivity index (χ4v) is 2.20. The molecule has 1 aromatic carbocycles. The van der Waals surface area contributed by atoms with Gasteiger partial charge in [-0.05, 0) is 19.1 Å². The van der Waals surface area contributed by atoms with E-state index >= 15 is 0 Å². The highest BCUT2D eigenvalue weighted by Crippen LogP contribution is 2.29. The zero-order valence-electron chi connectivity index (χ0n) is 13.3. The average molecular weight is 337 g/mol. The average Bonchev–Trinajstić information content (AvgIpc) is 2.99. The number of aryl methyl sites for hydroxylation is 1. The predicted molar refractivity (Wildman–Crippen MR) is 91.9 cm³/mol. The van der Waals surface area contributed by atoms with E-state index in [2.05, 4.69) is 25.3 Å². The van der Waals surface area contributed by atoms with Gasteiger partial charge in [0.2, 0.25) is 5.95 Å². The Morgan fingerprint density at radius 1 is 1.12 bits per heavy atom. The minimum absolute atomic E-state index is 0.0427. The van der Waals surface area contributed by atoms with E-state index in [1.807, 2.05) is 30.3 Å². The van der Waals surface area contributed by atoms with Crippen molar-refractivity contribution in [3.8, 4) is 5.69 Å². The third-order valence-corrected chi connectivity index (χ3v) is 3.36. The Morgan fingerprint density at radius 3 is 2.48 bits per heavy atom. The van der Waals surface area contributed by atoms with Crippen molar-refractivity contribution in [1.82, 2.24) is 19.7 Å². The van der Waals surface area contributed by atoms with Crippen LogP contribution in [0.5, 0.6) is 0 Å². The van der Waals surface area contributed by atoms with Crippen LogP contribution >= 0.6 is 0 Å². The van der Waals surface area contributed by atoms with Crippen molar-refractivity contribution >= 4 is 29.2 Å². The molecule has 0 radical (unpaired) electrons. The number of benzene rings is 1. The molecular formula is C15H15N9O. The van der Waals surface area contributed by atoms with Crippen molar-refractivity contribution in [2.45, 2.75) is 6.92 Å². The number of rotatable bonds is 4. The molecular weight excluding hydrogens is 322 g/mol. The lowest BCUT2D eigenvalue weighted by Crippen LogP contribution is -2.10. The number of carbonyl (C=O) groups excluding carboxylic acids is 1. The monoisotopic (exact) mass is 337 g/mol. The number of carbonyl (C=O) groups is 1. The number of para-hydroxylation sites is 1. The number of nitrogens with two attached hydrogens (primary N) is 3. The van der Waals surface area contributed by atoms with Crippen molar-refractivity contribution in [2.75, 3.05) is 11.5 Å². The normalized spacial score (nSPS) is 11.1. The number of nitrogen functional groups attached to an aromatic ring is 2. The largest absolute Gasteiger partial charge is 0.382 e. The molecule has 2 heterocycles. The van der Waals surface area contributed by atoms with E-state index in [0.717, 1.165) is 0 Å². The van der Waals surface area contributed by atoms with E-state index in [1.54, 1.807) is 6.92 Å². The number of primary amides is 1. The molecule has 0 fully saturated rings. The molecule has 2 aromatic heterocycles. The summed E-state index contributed by atoms with van der Waals surface area (Å²) in [6.07, 6.45) is 1.33. The summed E-state index contributed by atoms with van der Waals surface area (Å²) in [5.41, 5.74) is 18.3. The van der Waals surface area contributed by atoms with Gasteiger partial charge in [0.25, 0.3) is 5.91 Å². The molecule has 6 N–H and O–H groups in total. The predicted octanol–water partition coefficient (Wildman–Crippen LogP) is 1.65. The lowest BCUT2D eigenvalue weighted by molar-refractivity contribution is 0.100. The minimum Gasteiger partial charge on any atom is -0.382 e. The first-order valence-corrected chi connectivity index (χ1v) is 7.22. The molecule has 3 aromatic rings. The Bertz CT molecular complexity index is 939.